The molecule has 1 aliphatic rings. The zero-order valence-electron chi connectivity index (χ0n) is 12.4. The molecular formula is C14H22N4O2. The minimum atomic E-state index is 0.253. The minimum Gasteiger partial charge on any atom is -0.481 e. The van der Waals surface area contributed by atoms with E-state index in [0.29, 0.717) is 18.1 Å². The van der Waals surface area contributed by atoms with Crippen LogP contribution in [0.4, 0.5) is 5.82 Å². The number of hydrogen-bond acceptors (Lipinski definition) is 5. The van der Waals surface area contributed by atoms with E-state index in [0.717, 1.165) is 38.4 Å². The normalized spacial score (nSPS) is 15.3. The summed E-state index contributed by atoms with van der Waals surface area (Å²) in [5.74, 6) is 2.40. The molecule has 20 heavy (non-hydrogen) atoms. The van der Waals surface area contributed by atoms with Gasteiger partial charge >= 0.3 is 0 Å². The zero-order chi connectivity index (χ0) is 14.5. The fraction of sp³-hybridized carbons (Fsp3) is 0.643. The van der Waals surface area contributed by atoms with Gasteiger partial charge in [0.25, 0.3) is 0 Å². The van der Waals surface area contributed by atoms with Crippen LogP contribution in [0, 0.1) is 6.92 Å². The van der Waals surface area contributed by atoms with Gasteiger partial charge < -0.3 is 14.5 Å². The quantitative estimate of drug-likeness (QED) is 0.829. The molecule has 0 bridgehead atoms. The number of aromatic nitrogens is 2. The lowest BCUT2D eigenvalue weighted by molar-refractivity contribution is -0.131. The molecule has 0 spiro atoms. The second-order valence-electron chi connectivity index (χ2n) is 4.93. The van der Waals surface area contributed by atoms with E-state index in [4.69, 9.17) is 4.74 Å². The number of aryl methyl sites for hydroxylation is 1. The number of carbonyl (C=O) groups excluding carboxylic acids is 1. The SMILES string of the molecule is CCCC(=O)N1CCN(c2cc(OC)nc(C)n2)CC1. The van der Waals surface area contributed by atoms with E-state index in [1.807, 2.05) is 24.8 Å². The van der Waals surface area contributed by atoms with Crippen LogP contribution in [-0.4, -0.2) is 54.1 Å². The van der Waals surface area contributed by atoms with Crippen LogP contribution in [0.1, 0.15) is 25.6 Å². The maximum Gasteiger partial charge on any atom is 0.222 e. The molecule has 1 aliphatic heterocycles. The summed E-state index contributed by atoms with van der Waals surface area (Å²) >= 11 is 0. The van der Waals surface area contributed by atoms with Crippen molar-refractivity contribution in [3.05, 3.63) is 11.9 Å². The van der Waals surface area contributed by atoms with Gasteiger partial charge in [0, 0.05) is 38.7 Å². The third-order valence-electron chi connectivity index (χ3n) is 3.43. The molecule has 1 aromatic rings. The summed E-state index contributed by atoms with van der Waals surface area (Å²) < 4.78 is 5.18. The van der Waals surface area contributed by atoms with Gasteiger partial charge in [0.1, 0.15) is 11.6 Å². The molecule has 1 fully saturated rings. The molecule has 0 N–H and O–H groups in total. The zero-order valence-corrected chi connectivity index (χ0v) is 12.4. The molecule has 6 nitrogen and oxygen atoms in total. The number of carbonyl (C=O) groups is 1. The van der Waals surface area contributed by atoms with E-state index in [2.05, 4.69) is 14.9 Å². The Labute approximate surface area is 119 Å². The Balaban J connectivity index is 2.00. The van der Waals surface area contributed by atoms with Gasteiger partial charge in [-0.1, -0.05) is 6.92 Å². The number of ether oxygens (including phenoxy) is 1. The third kappa shape index (κ3) is 3.37. The average Bonchev–Trinajstić information content (AvgIpc) is 2.47. The molecule has 0 radical (unpaired) electrons. The van der Waals surface area contributed by atoms with E-state index in [1.165, 1.54) is 0 Å². The van der Waals surface area contributed by atoms with Crippen molar-refractivity contribution in [2.75, 3.05) is 38.2 Å². The summed E-state index contributed by atoms with van der Waals surface area (Å²) in [5, 5.41) is 0. The van der Waals surface area contributed by atoms with Crippen LogP contribution in [0.25, 0.3) is 0 Å². The first kappa shape index (κ1) is 14.6. The number of hydrogen-bond donors (Lipinski definition) is 0. The van der Waals surface area contributed by atoms with Gasteiger partial charge in [0.2, 0.25) is 11.8 Å². The summed E-state index contributed by atoms with van der Waals surface area (Å²) in [6.07, 6.45) is 1.54. The van der Waals surface area contributed by atoms with E-state index in [-0.39, 0.29) is 5.91 Å². The van der Waals surface area contributed by atoms with Crippen LogP contribution in [0.2, 0.25) is 0 Å². The van der Waals surface area contributed by atoms with Crippen LogP contribution in [0.3, 0.4) is 0 Å². The minimum absolute atomic E-state index is 0.253. The van der Waals surface area contributed by atoms with Crippen LogP contribution in [0.5, 0.6) is 5.88 Å². The molecule has 2 rings (SSSR count). The Hall–Kier alpha value is -1.85. The summed E-state index contributed by atoms with van der Waals surface area (Å²) in [7, 11) is 1.60. The number of methoxy groups -OCH3 is 1. The standard InChI is InChI=1S/C14H22N4O2/c1-4-5-14(19)18-8-6-17(7-9-18)12-10-13(20-3)16-11(2)15-12/h10H,4-9H2,1-3H3. The van der Waals surface area contributed by atoms with Gasteiger partial charge in [-0.15, -0.1) is 0 Å². The average molecular weight is 278 g/mol. The predicted octanol–water partition coefficient (Wildman–Crippen LogP) is 1.24. The lowest BCUT2D eigenvalue weighted by atomic mass is 10.2. The monoisotopic (exact) mass is 278 g/mol. The molecule has 0 unspecified atom stereocenters. The van der Waals surface area contributed by atoms with Crippen molar-refractivity contribution in [2.45, 2.75) is 26.7 Å². The first-order valence-electron chi connectivity index (χ1n) is 7.06. The highest BCUT2D eigenvalue weighted by Crippen LogP contribution is 2.19. The third-order valence-corrected chi connectivity index (χ3v) is 3.43. The number of rotatable bonds is 4. The number of anilines is 1. The Kier molecular flexibility index (Phi) is 4.76. The van der Waals surface area contributed by atoms with E-state index in [1.54, 1.807) is 7.11 Å². The molecule has 110 valence electrons. The number of piperazine rings is 1. The Morgan fingerprint density at radius 1 is 1.30 bits per heavy atom. The topological polar surface area (TPSA) is 58.6 Å². The summed E-state index contributed by atoms with van der Waals surface area (Å²) in [6, 6.07) is 1.84. The molecule has 0 aromatic carbocycles. The lowest BCUT2D eigenvalue weighted by Gasteiger charge is -2.35. The highest BCUT2D eigenvalue weighted by Gasteiger charge is 2.21. The molecule has 1 amide bonds. The lowest BCUT2D eigenvalue weighted by Crippen LogP contribution is -2.49. The Bertz CT molecular complexity index is 470. The first-order valence-corrected chi connectivity index (χ1v) is 7.06. The van der Waals surface area contributed by atoms with Crippen molar-refractivity contribution in [1.29, 1.82) is 0 Å². The highest BCUT2D eigenvalue weighted by molar-refractivity contribution is 5.76. The van der Waals surface area contributed by atoms with Gasteiger partial charge in [-0.05, 0) is 13.3 Å². The highest BCUT2D eigenvalue weighted by atomic mass is 16.5. The largest absolute Gasteiger partial charge is 0.481 e. The predicted molar refractivity (Wildman–Crippen MR) is 77.0 cm³/mol. The second-order valence-corrected chi connectivity index (χ2v) is 4.93. The van der Waals surface area contributed by atoms with Crippen LogP contribution < -0.4 is 9.64 Å². The number of nitrogens with zero attached hydrogens (tertiary/aromatic N) is 4. The molecule has 6 heteroatoms. The Morgan fingerprint density at radius 3 is 2.60 bits per heavy atom. The molecule has 2 heterocycles. The molecule has 0 atom stereocenters. The Morgan fingerprint density at radius 2 is 2.00 bits per heavy atom. The summed E-state index contributed by atoms with van der Waals surface area (Å²) in [4.78, 5) is 24.6. The van der Waals surface area contributed by atoms with Gasteiger partial charge in [0.15, 0.2) is 0 Å². The van der Waals surface area contributed by atoms with Crippen molar-refractivity contribution >= 4 is 11.7 Å². The van der Waals surface area contributed by atoms with Crippen LogP contribution in [0.15, 0.2) is 6.07 Å². The maximum absolute atomic E-state index is 11.9. The van der Waals surface area contributed by atoms with Gasteiger partial charge in [-0.3, -0.25) is 4.79 Å². The molecule has 0 saturated carbocycles. The van der Waals surface area contributed by atoms with E-state index in [9.17, 15) is 4.79 Å². The van der Waals surface area contributed by atoms with Crippen molar-refractivity contribution < 1.29 is 9.53 Å². The molecular weight excluding hydrogens is 256 g/mol. The van der Waals surface area contributed by atoms with Crippen molar-refractivity contribution in [1.82, 2.24) is 14.9 Å². The maximum atomic E-state index is 11.9. The summed E-state index contributed by atoms with van der Waals surface area (Å²) in [6.45, 7) is 7.00. The first-order chi connectivity index (χ1) is 9.63. The molecule has 0 aliphatic carbocycles. The summed E-state index contributed by atoms with van der Waals surface area (Å²) in [5.41, 5.74) is 0. The molecule has 1 saturated heterocycles. The van der Waals surface area contributed by atoms with E-state index >= 15 is 0 Å². The van der Waals surface area contributed by atoms with E-state index < -0.39 is 0 Å². The smallest absolute Gasteiger partial charge is 0.222 e. The molecule has 1 aromatic heterocycles. The fourth-order valence-electron chi connectivity index (χ4n) is 2.35. The van der Waals surface area contributed by atoms with Crippen LogP contribution in [-0.2, 0) is 4.79 Å². The number of amides is 1. The fourth-order valence-corrected chi connectivity index (χ4v) is 2.35. The van der Waals surface area contributed by atoms with Crippen molar-refractivity contribution in [2.24, 2.45) is 0 Å². The van der Waals surface area contributed by atoms with Gasteiger partial charge in [0.05, 0.1) is 7.11 Å². The second kappa shape index (κ2) is 6.54. The van der Waals surface area contributed by atoms with Gasteiger partial charge in [-0.25, -0.2) is 4.98 Å². The van der Waals surface area contributed by atoms with Crippen LogP contribution >= 0.6 is 0 Å². The van der Waals surface area contributed by atoms with Crippen molar-refractivity contribution in [3.8, 4) is 5.88 Å². The van der Waals surface area contributed by atoms with Crippen molar-refractivity contribution in [3.63, 3.8) is 0 Å². The van der Waals surface area contributed by atoms with Gasteiger partial charge in [-0.2, -0.15) is 4.98 Å².